The fourth-order valence-electron chi connectivity index (χ4n) is 2.00. The van der Waals surface area contributed by atoms with Crippen LogP contribution in [-0.4, -0.2) is 23.2 Å². The Kier molecular flexibility index (Phi) is 3.79. The summed E-state index contributed by atoms with van der Waals surface area (Å²) in [6.07, 6.45) is 0.0852. The Morgan fingerprint density at radius 1 is 1.30 bits per heavy atom. The summed E-state index contributed by atoms with van der Waals surface area (Å²) in [5.41, 5.74) is 2.85. The fourth-order valence-corrected chi connectivity index (χ4v) is 2.00. The van der Waals surface area contributed by atoms with Crippen molar-refractivity contribution in [2.24, 2.45) is 0 Å². The first kappa shape index (κ1) is 14.1. The molecule has 1 heterocycles. The Hall–Kier alpha value is -2.30. The van der Waals surface area contributed by atoms with Crippen LogP contribution in [0.4, 0.5) is 0 Å². The second-order valence-corrected chi connectivity index (χ2v) is 4.73. The third kappa shape index (κ3) is 2.66. The van der Waals surface area contributed by atoms with Gasteiger partial charge in [0.2, 0.25) is 5.89 Å². The van der Waals surface area contributed by atoms with Crippen molar-refractivity contribution in [1.82, 2.24) is 4.98 Å². The molecule has 0 amide bonds. The number of aryl methyl sites for hydroxylation is 3. The van der Waals surface area contributed by atoms with E-state index in [0.29, 0.717) is 17.3 Å². The normalized spacial score (nSPS) is 10.6. The first-order valence-electron chi connectivity index (χ1n) is 6.26. The minimum atomic E-state index is -0.356. The highest BCUT2D eigenvalue weighted by molar-refractivity contribution is 5.72. The van der Waals surface area contributed by atoms with Gasteiger partial charge in [0.05, 0.1) is 19.2 Å². The molecule has 2 aromatic rings. The van der Waals surface area contributed by atoms with E-state index in [9.17, 15) is 9.90 Å². The summed E-state index contributed by atoms with van der Waals surface area (Å²) >= 11 is 0. The molecule has 5 nitrogen and oxygen atoms in total. The number of phenols is 1. The van der Waals surface area contributed by atoms with Crippen LogP contribution in [0, 0.1) is 20.8 Å². The number of aromatic nitrogens is 1. The molecule has 0 atom stereocenters. The van der Waals surface area contributed by atoms with Crippen LogP contribution >= 0.6 is 0 Å². The van der Waals surface area contributed by atoms with Gasteiger partial charge in [0.1, 0.15) is 11.5 Å². The average Bonchev–Trinajstić information content (AvgIpc) is 2.76. The topological polar surface area (TPSA) is 72.6 Å². The smallest absolute Gasteiger partial charge is 0.311 e. The molecule has 0 radical (unpaired) electrons. The number of hydrogen-bond donors (Lipinski definition) is 1. The first-order chi connectivity index (χ1) is 9.42. The minimum absolute atomic E-state index is 0.0852. The number of aromatic hydroxyl groups is 1. The van der Waals surface area contributed by atoms with Crippen molar-refractivity contribution in [3.8, 4) is 17.2 Å². The van der Waals surface area contributed by atoms with Gasteiger partial charge in [0.25, 0.3) is 0 Å². The van der Waals surface area contributed by atoms with Crippen molar-refractivity contribution < 1.29 is 19.1 Å². The molecule has 1 N–H and O–H groups in total. The quantitative estimate of drug-likeness (QED) is 0.872. The number of phenolic OH excluding ortho intramolecular Hbond substituents is 1. The average molecular weight is 275 g/mol. The van der Waals surface area contributed by atoms with Crippen LogP contribution in [0.2, 0.25) is 0 Å². The summed E-state index contributed by atoms with van der Waals surface area (Å²) in [4.78, 5) is 15.6. The van der Waals surface area contributed by atoms with E-state index in [-0.39, 0.29) is 18.1 Å². The Morgan fingerprint density at radius 2 is 1.90 bits per heavy atom. The van der Waals surface area contributed by atoms with Crippen LogP contribution in [0.25, 0.3) is 11.5 Å². The van der Waals surface area contributed by atoms with Gasteiger partial charge in [-0.05, 0) is 44.0 Å². The zero-order chi connectivity index (χ0) is 14.9. The summed E-state index contributed by atoms with van der Waals surface area (Å²) in [5.74, 6) is 0.944. The van der Waals surface area contributed by atoms with E-state index < -0.39 is 0 Å². The maximum atomic E-state index is 11.3. The van der Waals surface area contributed by atoms with Crippen LogP contribution in [0.3, 0.4) is 0 Å². The number of ether oxygens (including phenoxy) is 1. The van der Waals surface area contributed by atoms with Crippen molar-refractivity contribution in [3.05, 3.63) is 34.7 Å². The van der Waals surface area contributed by atoms with Crippen LogP contribution in [0.1, 0.15) is 22.6 Å². The molecule has 0 saturated carbocycles. The van der Waals surface area contributed by atoms with Crippen LogP contribution < -0.4 is 0 Å². The molecule has 2 rings (SSSR count). The van der Waals surface area contributed by atoms with E-state index in [1.165, 1.54) is 7.11 Å². The van der Waals surface area contributed by atoms with Gasteiger partial charge < -0.3 is 14.3 Å². The molecular weight excluding hydrogens is 258 g/mol. The molecule has 0 spiro atoms. The van der Waals surface area contributed by atoms with Crippen LogP contribution in [0.15, 0.2) is 16.5 Å². The van der Waals surface area contributed by atoms with Gasteiger partial charge >= 0.3 is 5.97 Å². The predicted octanol–water partition coefficient (Wildman–Crippen LogP) is 2.69. The van der Waals surface area contributed by atoms with Gasteiger partial charge in [-0.1, -0.05) is 0 Å². The second kappa shape index (κ2) is 5.36. The lowest BCUT2D eigenvalue weighted by Crippen LogP contribution is -2.05. The largest absolute Gasteiger partial charge is 0.507 e. The molecule has 0 aliphatic rings. The van der Waals surface area contributed by atoms with Gasteiger partial charge in [-0.3, -0.25) is 4.79 Å². The molecule has 0 bridgehead atoms. The Morgan fingerprint density at radius 3 is 2.45 bits per heavy atom. The molecule has 1 aromatic carbocycles. The second-order valence-electron chi connectivity index (χ2n) is 4.73. The number of nitrogens with zero attached hydrogens (tertiary/aromatic N) is 1. The summed E-state index contributed by atoms with van der Waals surface area (Å²) in [5, 5.41) is 9.78. The third-order valence-corrected chi connectivity index (χ3v) is 3.17. The highest BCUT2D eigenvalue weighted by Gasteiger charge is 2.16. The minimum Gasteiger partial charge on any atom is -0.507 e. The number of oxazole rings is 1. The molecule has 106 valence electrons. The van der Waals surface area contributed by atoms with Gasteiger partial charge in [-0.15, -0.1) is 0 Å². The van der Waals surface area contributed by atoms with Gasteiger partial charge in [0.15, 0.2) is 0 Å². The predicted molar refractivity (Wildman–Crippen MR) is 73.5 cm³/mol. The lowest BCUT2D eigenvalue weighted by Gasteiger charge is -2.05. The number of esters is 1. The zero-order valence-corrected chi connectivity index (χ0v) is 12.0. The lowest BCUT2D eigenvalue weighted by molar-refractivity contribution is -0.139. The van der Waals surface area contributed by atoms with Crippen molar-refractivity contribution >= 4 is 5.97 Å². The van der Waals surface area contributed by atoms with Crippen molar-refractivity contribution in [2.75, 3.05) is 7.11 Å². The Bertz CT molecular complexity index is 635. The molecular formula is C15H17NO4. The summed E-state index contributed by atoms with van der Waals surface area (Å²) in [6, 6.07) is 3.60. The molecule has 0 unspecified atom stereocenters. The molecule has 0 fully saturated rings. The Balaban J connectivity index is 2.39. The number of carbonyl (C=O) groups is 1. The summed E-state index contributed by atoms with van der Waals surface area (Å²) in [6.45, 7) is 5.39. The molecule has 20 heavy (non-hydrogen) atoms. The summed E-state index contributed by atoms with van der Waals surface area (Å²) in [7, 11) is 1.34. The van der Waals surface area contributed by atoms with Crippen LogP contribution in [-0.2, 0) is 16.0 Å². The molecule has 1 aromatic heterocycles. The fraction of sp³-hybridized carbons (Fsp3) is 0.333. The van der Waals surface area contributed by atoms with E-state index >= 15 is 0 Å². The van der Waals surface area contributed by atoms with Crippen molar-refractivity contribution in [2.45, 2.75) is 27.2 Å². The number of hydrogen-bond acceptors (Lipinski definition) is 5. The maximum Gasteiger partial charge on any atom is 0.311 e. The SMILES string of the molecule is COC(=O)Cc1nc(-c2cc(C)c(O)c(C)c2)oc1C. The van der Waals surface area contributed by atoms with E-state index in [1.807, 2.05) is 13.8 Å². The van der Waals surface area contributed by atoms with Crippen LogP contribution in [0.5, 0.6) is 5.75 Å². The molecule has 0 aliphatic heterocycles. The maximum absolute atomic E-state index is 11.3. The highest BCUT2D eigenvalue weighted by atomic mass is 16.5. The first-order valence-corrected chi connectivity index (χ1v) is 6.26. The van der Waals surface area contributed by atoms with Crippen molar-refractivity contribution in [1.29, 1.82) is 0 Å². The van der Waals surface area contributed by atoms with E-state index in [4.69, 9.17) is 4.42 Å². The lowest BCUT2D eigenvalue weighted by atomic mass is 10.1. The van der Waals surface area contributed by atoms with Gasteiger partial charge in [0, 0.05) is 5.56 Å². The Labute approximate surface area is 117 Å². The summed E-state index contributed by atoms with van der Waals surface area (Å²) < 4.78 is 10.2. The van der Waals surface area contributed by atoms with Gasteiger partial charge in [-0.2, -0.15) is 0 Å². The molecule has 5 heteroatoms. The monoisotopic (exact) mass is 275 g/mol. The molecule has 0 saturated heterocycles. The van der Waals surface area contributed by atoms with E-state index in [1.54, 1.807) is 19.1 Å². The number of carbonyl (C=O) groups excluding carboxylic acids is 1. The highest BCUT2D eigenvalue weighted by Crippen LogP contribution is 2.29. The number of benzene rings is 1. The van der Waals surface area contributed by atoms with Crippen molar-refractivity contribution in [3.63, 3.8) is 0 Å². The standard InChI is InChI=1S/C15H17NO4/c1-8-5-11(6-9(2)14(8)18)15-16-12(10(3)20-15)7-13(17)19-4/h5-6,18H,7H2,1-4H3. The van der Waals surface area contributed by atoms with Gasteiger partial charge in [-0.25, -0.2) is 4.98 Å². The number of rotatable bonds is 3. The number of methoxy groups -OCH3 is 1. The third-order valence-electron chi connectivity index (χ3n) is 3.17. The van der Waals surface area contributed by atoms with E-state index in [2.05, 4.69) is 9.72 Å². The van der Waals surface area contributed by atoms with E-state index in [0.717, 1.165) is 16.7 Å². The molecule has 0 aliphatic carbocycles. The zero-order valence-electron chi connectivity index (χ0n) is 12.0.